The number of aromatic nitrogens is 4. The monoisotopic (exact) mass is 339 g/mol. The highest BCUT2D eigenvalue weighted by molar-refractivity contribution is 7.99. The van der Waals surface area contributed by atoms with Crippen LogP contribution in [0.3, 0.4) is 0 Å². The molecule has 0 bridgehead atoms. The van der Waals surface area contributed by atoms with Gasteiger partial charge in [-0.2, -0.15) is 11.8 Å². The number of anilines is 1. The van der Waals surface area contributed by atoms with Gasteiger partial charge in [-0.1, -0.05) is 6.92 Å². The van der Waals surface area contributed by atoms with Crippen molar-refractivity contribution in [2.45, 2.75) is 50.1 Å². The van der Waals surface area contributed by atoms with E-state index in [1.54, 1.807) is 29.6 Å². The summed E-state index contributed by atoms with van der Waals surface area (Å²) >= 11 is 1.63. The maximum absolute atomic E-state index is 10.3. The van der Waals surface area contributed by atoms with Gasteiger partial charge in [0.2, 0.25) is 0 Å². The second-order valence-corrected chi connectivity index (χ2v) is 7.22. The summed E-state index contributed by atoms with van der Waals surface area (Å²) in [4.78, 5) is 12.3. The quantitative estimate of drug-likeness (QED) is 0.723. The van der Waals surface area contributed by atoms with Crippen LogP contribution in [0.25, 0.3) is 11.2 Å². The van der Waals surface area contributed by atoms with Gasteiger partial charge in [-0.3, -0.25) is 4.57 Å². The summed E-state index contributed by atoms with van der Waals surface area (Å²) in [5, 5.41) is 20.0. The van der Waals surface area contributed by atoms with E-state index >= 15 is 0 Å². The number of imidazole rings is 1. The van der Waals surface area contributed by atoms with Gasteiger partial charge in [-0.25, -0.2) is 15.0 Å². The van der Waals surface area contributed by atoms with Crippen molar-refractivity contribution in [3.8, 4) is 0 Å². The van der Waals surface area contributed by atoms with Gasteiger partial charge in [0.1, 0.15) is 17.9 Å². The average molecular weight is 339 g/mol. The Balaban J connectivity index is 1.72. The minimum atomic E-state index is -0.643. The first-order chi connectivity index (χ1) is 11.0. The zero-order valence-corrected chi connectivity index (χ0v) is 13.8. The Morgan fingerprint density at radius 3 is 2.96 bits per heavy atom. The number of hydrogen-bond acceptors (Lipinski definition) is 8. The molecular weight excluding hydrogens is 318 g/mol. The second-order valence-electron chi connectivity index (χ2n) is 5.81. The maximum atomic E-state index is 10.3. The fourth-order valence-corrected chi connectivity index (χ4v) is 3.55. The smallest absolute Gasteiger partial charge is 0.167 e. The standard InChI is InChI=1S/C14H21N5O3S/c1-7(20)8(2)23-4-9-3-10(21)14(22-9)19-6-18-11-12(15)16-5-17-13(11)19/h5-10,14,20-21H,3-4H2,1-2H3,(H2,15,16,17)/t7?,8?,9-,10+,14+/m0/s1. The van der Waals surface area contributed by atoms with Crippen LogP contribution in [0, 0.1) is 0 Å². The third-order valence-corrected chi connectivity index (χ3v) is 5.53. The van der Waals surface area contributed by atoms with Crippen LogP contribution in [0.1, 0.15) is 26.5 Å². The van der Waals surface area contributed by atoms with Crippen LogP contribution in [-0.2, 0) is 4.74 Å². The third-order valence-electron chi connectivity index (χ3n) is 4.05. The van der Waals surface area contributed by atoms with E-state index in [1.807, 2.05) is 6.92 Å². The minimum absolute atomic E-state index is 0.0853. The molecule has 2 unspecified atom stereocenters. The summed E-state index contributed by atoms with van der Waals surface area (Å²) in [5.41, 5.74) is 6.83. The van der Waals surface area contributed by atoms with Crippen molar-refractivity contribution in [1.29, 1.82) is 0 Å². The topological polar surface area (TPSA) is 119 Å². The molecule has 5 atom stereocenters. The lowest BCUT2D eigenvalue weighted by Crippen LogP contribution is -2.20. The van der Waals surface area contributed by atoms with Gasteiger partial charge in [0.15, 0.2) is 17.7 Å². The Morgan fingerprint density at radius 2 is 2.22 bits per heavy atom. The molecule has 0 radical (unpaired) electrons. The molecule has 3 rings (SSSR count). The first-order valence-electron chi connectivity index (χ1n) is 7.53. The molecular formula is C14H21N5O3S. The van der Waals surface area contributed by atoms with E-state index in [-0.39, 0.29) is 17.5 Å². The summed E-state index contributed by atoms with van der Waals surface area (Å²) in [7, 11) is 0. The van der Waals surface area contributed by atoms with Crippen LogP contribution >= 0.6 is 11.8 Å². The zero-order valence-electron chi connectivity index (χ0n) is 13.0. The Bertz CT molecular complexity index is 679. The molecule has 3 heterocycles. The van der Waals surface area contributed by atoms with Crippen molar-refractivity contribution >= 4 is 28.7 Å². The largest absolute Gasteiger partial charge is 0.392 e. The van der Waals surface area contributed by atoms with Crippen molar-refractivity contribution in [1.82, 2.24) is 19.5 Å². The summed E-state index contributed by atoms with van der Waals surface area (Å²) in [6.45, 7) is 3.74. The van der Waals surface area contributed by atoms with E-state index in [9.17, 15) is 10.2 Å². The van der Waals surface area contributed by atoms with Crippen LogP contribution in [-0.4, -0.2) is 59.0 Å². The van der Waals surface area contributed by atoms with Crippen LogP contribution in [0.4, 0.5) is 5.82 Å². The summed E-state index contributed by atoms with van der Waals surface area (Å²) in [6, 6.07) is 0. The number of nitrogens with zero attached hydrogens (tertiary/aromatic N) is 4. The predicted molar refractivity (Wildman–Crippen MR) is 87.9 cm³/mol. The normalized spacial score (nSPS) is 27.4. The highest BCUT2D eigenvalue weighted by atomic mass is 32.2. The Morgan fingerprint density at radius 1 is 1.43 bits per heavy atom. The molecule has 0 spiro atoms. The van der Waals surface area contributed by atoms with Gasteiger partial charge in [0.25, 0.3) is 0 Å². The minimum Gasteiger partial charge on any atom is -0.392 e. The number of nitrogen functional groups attached to an aromatic ring is 1. The van der Waals surface area contributed by atoms with Crippen molar-refractivity contribution in [2.75, 3.05) is 11.5 Å². The number of nitrogens with two attached hydrogens (primary N) is 1. The average Bonchev–Trinajstić information content (AvgIpc) is 3.08. The molecule has 1 aliphatic heterocycles. The van der Waals surface area contributed by atoms with Crippen LogP contribution < -0.4 is 5.73 Å². The van der Waals surface area contributed by atoms with Crippen LogP contribution in [0.5, 0.6) is 0 Å². The molecule has 0 aliphatic carbocycles. The predicted octanol–water partition coefficient (Wildman–Crippen LogP) is 0.559. The Kier molecular flexibility index (Phi) is 4.72. The number of aliphatic hydroxyl groups is 2. The van der Waals surface area contributed by atoms with Crippen molar-refractivity contribution in [2.24, 2.45) is 0 Å². The van der Waals surface area contributed by atoms with Gasteiger partial charge in [0, 0.05) is 17.4 Å². The number of aliphatic hydroxyl groups excluding tert-OH is 2. The van der Waals surface area contributed by atoms with E-state index in [4.69, 9.17) is 10.5 Å². The van der Waals surface area contributed by atoms with Gasteiger partial charge in [0.05, 0.1) is 18.5 Å². The van der Waals surface area contributed by atoms with E-state index < -0.39 is 12.3 Å². The number of fused-ring (bicyclic) bond motifs is 1. The van der Waals surface area contributed by atoms with Gasteiger partial charge in [-0.15, -0.1) is 0 Å². The maximum Gasteiger partial charge on any atom is 0.167 e. The van der Waals surface area contributed by atoms with Crippen LogP contribution in [0.2, 0.25) is 0 Å². The lowest BCUT2D eigenvalue weighted by atomic mass is 10.2. The SMILES string of the molecule is CC(O)C(C)SC[C@@H]1C[C@@H](O)[C@H](n2cnc3c(N)ncnc32)O1. The Labute approximate surface area is 138 Å². The number of thioether (sulfide) groups is 1. The van der Waals surface area contributed by atoms with E-state index in [0.29, 0.717) is 29.2 Å². The number of rotatable bonds is 5. The molecule has 1 saturated heterocycles. The van der Waals surface area contributed by atoms with E-state index in [0.717, 1.165) is 0 Å². The van der Waals surface area contributed by atoms with Gasteiger partial charge in [-0.05, 0) is 6.92 Å². The third kappa shape index (κ3) is 3.27. The highest BCUT2D eigenvalue weighted by Crippen LogP contribution is 2.33. The van der Waals surface area contributed by atoms with Gasteiger partial charge >= 0.3 is 0 Å². The summed E-state index contributed by atoms with van der Waals surface area (Å²) in [6.07, 6.45) is 1.83. The molecule has 2 aromatic heterocycles. The number of ether oxygens (including phenoxy) is 1. The second kappa shape index (κ2) is 6.60. The number of hydrogen-bond donors (Lipinski definition) is 3. The molecule has 0 amide bonds. The van der Waals surface area contributed by atoms with Crippen molar-refractivity contribution < 1.29 is 14.9 Å². The first kappa shape index (κ1) is 16.4. The summed E-state index contributed by atoms with van der Waals surface area (Å²) in [5.74, 6) is 1.02. The fraction of sp³-hybridized carbons (Fsp3) is 0.643. The lowest BCUT2D eigenvalue weighted by Gasteiger charge is -2.18. The molecule has 0 saturated carbocycles. The molecule has 4 N–H and O–H groups in total. The van der Waals surface area contributed by atoms with Crippen molar-refractivity contribution in [3.63, 3.8) is 0 Å². The zero-order chi connectivity index (χ0) is 16.6. The van der Waals surface area contributed by atoms with E-state index in [1.165, 1.54) is 6.33 Å². The summed E-state index contributed by atoms with van der Waals surface area (Å²) < 4.78 is 7.66. The first-order valence-corrected chi connectivity index (χ1v) is 8.58. The molecule has 9 heteroatoms. The molecule has 8 nitrogen and oxygen atoms in total. The fourth-order valence-electron chi connectivity index (χ4n) is 2.54. The van der Waals surface area contributed by atoms with Crippen molar-refractivity contribution in [3.05, 3.63) is 12.7 Å². The molecule has 1 aliphatic rings. The van der Waals surface area contributed by atoms with Gasteiger partial charge < -0.3 is 20.7 Å². The molecule has 2 aromatic rings. The highest BCUT2D eigenvalue weighted by Gasteiger charge is 2.36. The molecule has 126 valence electrons. The lowest BCUT2D eigenvalue weighted by molar-refractivity contribution is -0.0285. The van der Waals surface area contributed by atoms with E-state index in [2.05, 4.69) is 15.0 Å². The molecule has 1 fully saturated rings. The van der Waals surface area contributed by atoms with Crippen LogP contribution in [0.15, 0.2) is 12.7 Å². The molecule has 0 aromatic carbocycles. The molecule has 23 heavy (non-hydrogen) atoms. The Hall–Kier alpha value is -1.42.